The van der Waals surface area contributed by atoms with Crippen molar-refractivity contribution in [3.05, 3.63) is 34.6 Å². The van der Waals surface area contributed by atoms with Crippen LogP contribution in [0, 0.1) is 11.7 Å². The van der Waals surface area contributed by atoms with Crippen LogP contribution in [0.3, 0.4) is 0 Å². The van der Waals surface area contributed by atoms with Gasteiger partial charge in [0.15, 0.2) is 0 Å². The van der Waals surface area contributed by atoms with Gasteiger partial charge in [0.2, 0.25) is 0 Å². The van der Waals surface area contributed by atoms with Crippen molar-refractivity contribution in [1.29, 1.82) is 0 Å². The van der Waals surface area contributed by atoms with Crippen molar-refractivity contribution in [2.75, 3.05) is 0 Å². The molecule has 0 unspecified atom stereocenters. The summed E-state index contributed by atoms with van der Waals surface area (Å²) in [4.78, 5) is 0. The molecule has 0 amide bonds. The smallest absolute Gasteiger partial charge is 0.141 e. The SMILES string of the molecule is Cl.N[C@H](c1ccc(F)c(Cl)c1)[C@@H](O)C1CCC1. The molecule has 0 radical (unpaired) electrons. The van der Waals surface area contributed by atoms with Crippen molar-refractivity contribution < 1.29 is 9.50 Å². The van der Waals surface area contributed by atoms with E-state index in [1.165, 1.54) is 12.1 Å². The normalized spacial score (nSPS) is 19.1. The summed E-state index contributed by atoms with van der Waals surface area (Å²) in [6.07, 6.45) is 2.63. The van der Waals surface area contributed by atoms with Crippen LogP contribution in [0.2, 0.25) is 5.02 Å². The molecule has 2 atom stereocenters. The molecule has 2 nitrogen and oxygen atoms in total. The Morgan fingerprint density at radius 3 is 2.53 bits per heavy atom. The highest BCUT2D eigenvalue weighted by Gasteiger charge is 2.30. The first-order valence-corrected chi connectivity index (χ1v) is 5.86. The third kappa shape index (κ3) is 3.10. The van der Waals surface area contributed by atoms with Crippen molar-refractivity contribution in [1.82, 2.24) is 0 Å². The summed E-state index contributed by atoms with van der Waals surface area (Å²) in [5, 5.41) is 10.0. The Kier molecular flexibility index (Phi) is 5.20. The fourth-order valence-electron chi connectivity index (χ4n) is 1.99. The van der Waals surface area contributed by atoms with Crippen LogP contribution in [0.4, 0.5) is 4.39 Å². The lowest BCUT2D eigenvalue weighted by atomic mass is 9.77. The summed E-state index contributed by atoms with van der Waals surface area (Å²) in [6, 6.07) is 3.87. The van der Waals surface area contributed by atoms with Crippen LogP contribution >= 0.6 is 24.0 Å². The van der Waals surface area contributed by atoms with E-state index in [1.807, 2.05) is 0 Å². The van der Waals surface area contributed by atoms with E-state index in [0.717, 1.165) is 19.3 Å². The van der Waals surface area contributed by atoms with Gasteiger partial charge in [0.1, 0.15) is 5.82 Å². The maximum absolute atomic E-state index is 13.0. The summed E-state index contributed by atoms with van der Waals surface area (Å²) in [5.74, 6) is -0.186. The zero-order chi connectivity index (χ0) is 11.7. The number of rotatable bonds is 3. The minimum Gasteiger partial charge on any atom is -0.391 e. The van der Waals surface area contributed by atoms with E-state index in [4.69, 9.17) is 17.3 Å². The highest BCUT2D eigenvalue weighted by molar-refractivity contribution is 6.30. The summed E-state index contributed by atoms with van der Waals surface area (Å²) in [7, 11) is 0. The second kappa shape index (κ2) is 6.01. The van der Waals surface area contributed by atoms with Gasteiger partial charge in [-0.15, -0.1) is 12.4 Å². The first-order chi connectivity index (χ1) is 7.59. The lowest BCUT2D eigenvalue weighted by Crippen LogP contribution is -2.36. The van der Waals surface area contributed by atoms with Gasteiger partial charge in [-0.2, -0.15) is 0 Å². The number of aliphatic hydroxyl groups excluding tert-OH is 1. The van der Waals surface area contributed by atoms with Crippen LogP contribution in [0.15, 0.2) is 18.2 Å². The third-order valence-electron chi connectivity index (χ3n) is 3.33. The van der Waals surface area contributed by atoms with Gasteiger partial charge >= 0.3 is 0 Å². The Labute approximate surface area is 111 Å². The van der Waals surface area contributed by atoms with Gasteiger partial charge in [-0.3, -0.25) is 0 Å². The van der Waals surface area contributed by atoms with Crippen LogP contribution < -0.4 is 5.73 Å². The highest BCUT2D eigenvalue weighted by atomic mass is 35.5. The second-order valence-electron chi connectivity index (χ2n) is 4.38. The molecule has 5 heteroatoms. The van der Waals surface area contributed by atoms with Gasteiger partial charge in [0, 0.05) is 0 Å². The zero-order valence-electron chi connectivity index (χ0n) is 9.27. The molecule has 1 saturated carbocycles. The molecule has 0 spiro atoms. The molecular weight excluding hydrogens is 264 g/mol. The van der Waals surface area contributed by atoms with Crippen LogP contribution in [0.25, 0.3) is 0 Å². The molecule has 0 aliphatic heterocycles. The van der Waals surface area contributed by atoms with Crippen molar-refractivity contribution in [2.45, 2.75) is 31.4 Å². The van der Waals surface area contributed by atoms with E-state index in [0.29, 0.717) is 5.56 Å². The van der Waals surface area contributed by atoms with E-state index in [9.17, 15) is 9.50 Å². The van der Waals surface area contributed by atoms with Crippen LogP contribution in [0.1, 0.15) is 30.9 Å². The number of halogens is 3. The first-order valence-electron chi connectivity index (χ1n) is 5.48. The molecule has 2 rings (SSSR count). The van der Waals surface area contributed by atoms with Gasteiger partial charge in [0.25, 0.3) is 0 Å². The number of nitrogens with two attached hydrogens (primary N) is 1. The van der Waals surface area contributed by atoms with E-state index in [1.54, 1.807) is 6.07 Å². The summed E-state index contributed by atoms with van der Waals surface area (Å²) in [6.45, 7) is 0. The summed E-state index contributed by atoms with van der Waals surface area (Å²) in [5.41, 5.74) is 6.62. The Morgan fingerprint density at radius 1 is 1.41 bits per heavy atom. The predicted octanol–water partition coefficient (Wildman–Crippen LogP) is 3.06. The first kappa shape index (κ1) is 14.7. The van der Waals surface area contributed by atoms with Gasteiger partial charge in [0.05, 0.1) is 17.2 Å². The van der Waals surface area contributed by atoms with Crippen LogP contribution in [0.5, 0.6) is 0 Å². The van der Waals surface area contributed by atoms with E-state index >= 15 is 0 Å². The van der Waals surface area contributed by atoms with E-state index in [2.05, 4.69) is 0 Å². The molecule has 1 aromatic rings. The average Bonchev–Trinajstić information content (AvgIpc) is 2.18. The molecule has 0 bridgehead atoms. The molecule has 0 saturated heterocycles. The minimum atomic E-state index is -0.560. The lowest BCUT2D eigenvalue weighted by molar-refractivity contribution is 0.0413. The monoisotopic (exact) mass is 279 g/mol. The summed E-state index contributed by atoms with van der Waals surface area (Å²) < 4.78 is 13.0. The standard InChI is InChI=1S/C12H15ClFNO.ClH/c13-9-6-8(4-5-10(9)14)11(15)12(16)7-2-1-3-7;/h4-7,11-12,16H,1-3,15H2;1H/t11-,12+;/m1./s1. The average molecular weight is 280 g/mol. The van der Waals surface area contributed by atoms with Gasteiger partial charge in [-0.1, -0.05) is 24.1 Å². The molecule has 3 N–H and O–H groups in total. The van der Waals surface area contributed by atoms with E-state index < -0.39 is 18.0 Å². The quantitative estimate of drug-likeness (QED) is 0.893. The number of aliphatic hydroxyl groups is 1. The molecule has 1 fully saturated rings. The van der Waals surface area contributed by atoms with Crippen molar-refractivity contribution >= 4 is 24.0 Å². The van der Waals surface area contributed by atoms with Gasteiger partial charge < -0.3 is 10.8 Å². The fraction of sp³-hybridized carbons (Fsp3) is 0.500. The molecule has 17 heavy (non-hydrogen) atoms. The maximum Gasteiger partial charge on any atom is 0.141 e. The maximum atomic E-state index is 13.0. The Hall–Kier alpha value is -0.350. The van der Waals surface area contributed by atoms with Crippen molar-refractivity contribution in [3.8, 4) is 0 Å². The molecule has 1 aliphatic carbocycles. The molecule has 0 aromatic heterocycles. The third-order valence-corrected chi connectivity index (χ3v) is 3.62. The van der Waals surface area contributed by atoms with Crippen LogP contribution in [-0.2, 0) is 0 Å². The molecule has 1 aliphatic rings. The fourth-order valence-corrected chi connectivity index (χ4v) is 2.18. The lowest BCUT2D eigenvalue weighted by Gasteiger charge is -2.33. The van der Waals surface area contributed by atoms with Gasteiger partial charge in [-0.05, 0) is 36.5 Å². The van der Waals surface area contributed by atoms with Crippen molar-refractivity contribution in [2.24, 2.45) is 11.7 Å². The molecule has 96 valence electrons. The predicted molar refractivity (Wildman–Crippen MR) is 68.9 cm³/mol. The molecule has 1 aromatic carbocycles. The summed E-state index contributed by atoms with van der Waals surface area (Å²) >= 11 is 5.68. The topological polar surface area (TPSA) is 46.2 Å². The largest absolute Gasteiger partial charge is 0.391 e. The van der Waals surface area contributed by atoms with Gasteiger partial charge in [-0.25, -0.2) is 4.39 Å². The molecular formula is C12H16Cl2FNO. The number of benzene rings is 1. The minimum absolute atomic E-state index is 0. The Morgan fingerprint density at radius 2 is 2.06 bits per heavy atom. The second-order valence-corrected chi connectivity index (χ2v) is 4.79. The Bertz CT molecular complexity index is 385. The highest BCUT2D eigenvalue weighted by Crippen LogP contribution is 2.34. The Balaban J connectivity index is 0.00000144. The van der Waals surface area contributed by atoms with Crippen molar-refractivity contribution in [3.63, 3.8) is 0 Å². The zero-order valence-corrected chi connectivity index (χ0v) is 10.8. The number of hydrogen-bond acceptors (Lipinski definition) is 2. The molecule has 0 heterocycles. The number of hydrogen-bond donors (Lipinski definition) is 2. The van der Waals surface area contributed by atoms with Crippen LogP contribution in [-0.4, -0.2) is 11.2 Å². The van der Waals surface area contributed by atoms with E-state index in [-0.39, 0.29) is 23.3 Å².